The lowest BCUT2D eigenvalue weighted by Gasteiger charge is -2.23. The van der Waals surface area contributed by atoms with Crippen molar-refractivity contribution in [3.8, 4) is 0 Å². The van der Waals surface area contributed by atoms with Gasteiger partial charge in [-0.05, 0) is 46.6 Å². The molecule has 1 aliphatic carbocycles. The van der Waals surface area contributed by atoms with E-state index in [2.05, 4.69) is 31.5 Å². The molecule has 2 rings (SSSR count). The van der Waals surface area contributed by atoms with Gasteiger partial charge in [0, 0.05) is 12.0 Å². The lowest BCUT2D eigenvalue weighted by Crippen LogP contribution is -2.27. The smallest absolute Gasteiger partial charge is 0.0659 e. The summed E-state index contributed by atoms with van der Waals surface area (Å²) < 4.78 is 2.09. The molecule has 0 radical (unpaired) electrons. The summed E-state index contributed by atoms with van der Waals surface area (Å²) >= 11 is 0. The van der Waals surface area contributed by atoms with Crippen molar-refractivity contribution in [2.24, 2.45) is 5.73 Å². The Balaban J connectivity index is 2.41. The van der Waals surface area contributed by atoms with Gasteiger partial charge < -0.3 is 5.73 Å². The molecule has 3 heteroatoms. The topological polar surface area (TPSA) is 43.8 Å². The maximum atomic E-state index is 5.98. The predicted octanol–water partition coefficient (Wildman–Crippen LogP) is 2.54. The minimum Gasteiger partial charge on any atom is -0.323 e. The van der Waals surface area contributed by atoms with E-state index < -0.39 is 0 Å². The van der Waals surface area contributed by atoms with Crippen LogP contribution in [0.2, 0.25) is 0 Å². The van der Waals surface area contributed by atoms with Crippen molar-refractivity contribution >= 4 is 0 Å². The SMILES string of the molecule is C[C@@H](N)c1cc(C2CC2)nn1C(C)(C)C. The summed E-state index contributed by atoms with van der Waals surface area (Å²) in [7, 11) is 0. The number of hydrogen-bond acceptors (Lipinski definition) is 2. The molecule has 0 unspecified atom stereocenters. The number of nitrogens with two attached hydrogens (primary N) is 1. The fraction of sp³-hybridized carbons (Fsp3) is 0.750. The van der Waals surface area contributed by atoms with E-state index in [1.54, 1.807) is 0 Å². The Hall–Kier alpha value is -0.830. The van der Waals surface area contributed by atoms with E-state index in [4.69, 9.17) is 10.8 Å². The highest BCUT2D eigenvalue weighted by Gasteiger charge is 2.30. The number of aromatic nitrogens is 2. The average molecular weight is 207 g/mol. The van der Waals surface area contributed by atoms with Gasteiger partial charge in [-0.25, -0.2) is 0 Å². The minimum absolute atomic E-state index is 0.0239. The van der Waals surface area contributed by atoms with Gasteiger partial charge >= 0.3 is 0 Å². The molecule has 84 valence electrons. The van der Waals surface area contributed by atoms with Crippen molar-refractivity contribution in [3.63, 3.8) is 0 Å². The molecular weight excluding hydrogens is 186 g/mol. The zero-order valence-electron chi connectivity index (χ0n) is 10.1. The fourth-order valence-corrected chi connectivity index (χ4v) is 1.85. The van der Waals surface area contributed by atoms with Crippen LogP contribution in [0.3, 0.4) is 0 Å². The van der Waals surface area contributed by atoms with E-state index in [-0.39, 0.29) is 11.6 Å². The van der Waals surface area contributed by atoms with Crippen LogP contribution in [0.4, 0.5) is 0 Å². The van der Waals surface area contributed by atoms with E-state index in [0.29, 0.717) is 5.92 Å². The maximum absolute atomic E-state index is 5.98. The minimum atomic E-state index is 0.0239. The standard InChI is InChI=1S/C12H21N3/c1-8(13)11-7-10(9-5-6-9)14-15(11)12(2,3)4/h7-9H,5-6,13H2,1-4H3/t8-/m1/s1. The van der Waals surface area contributed by atoms with E-state index in [1.165, 1.54) is 18.5 Å². The third-order valence-corrected chi connectivity index (χ3v) is 2.85. The Morgan fingerprint density at radius 3 is 2.40 bits per heavy atom. The Labute approximate surface area is 91.7 Å². The first-order valence-electron chi connectivity index (χ1n) is 5.75. The molecule has 0 amide bonds. The van der Waals surface area contributed by atoms with Gasteiger partial charge in [-0.15, -0.1) is 0 Å². The summed E-state index contributed by atoms with van der Waals surface area (Å²) in [5, 5.41) is 4.70. The molecule has 1 aromatic heterocycles. The van der Waals surface area contributed by atoms with Crippen LogP contribution in [0, 0.1) is 0 Å². The zero-order valence-corrected chi connectivity index (χ0v) is 10.1. The first kappa shape index (κ1) is 10.7. The van der Waals surface area contributed by atoms with Gasteiger partial charge in [-0.1, -0.05) is 0 Å². The highest BCUT2D eigenvalue weighted by molar-refractivity contribution is 5.21. The molecular formula is C12H21N3. The monoisotopic (exact) mass is 207 g/mol. The maximum Gasteiger partial charge on any atom is 0.0659 e. The Morgan fingerprint density at radius 1 is 1.47 bits per heavy atom. The van der Waals surface area contributed by atoms with Crippen molar-refractivity contribution in [1.29, 1.82) is 0 Å². The third-order valence-electron chi connectivity index (χ3n) is 2.85. The summed E-state index contributed by atoms with van der Waals surface area (Å²) in [6.07, 6.45) is 2.58. The van der Waals surface area contributed by atoms with Crippen LogP contribution in [0.25, 0.3) is 0 Å². The molecule has 1 aromatic rings. The van der Waals surface area contributed by atoms with E-state index >= 15 is 0 Å². The molecule has 3 nitrogen and oxygen atoms in total. The first-order valence-corrected chi connectivity index (χ1v) is 5.75. The normalized spacial score (nSPS) is 19.3. The molecule has 15 heavy (non-hydrogen) atoms. The molecule has 0 aliphatic heterocycles. The molecule has 1 aliphatic rings. The van der Waals surface area contributed by atoms with Crippen molar-refractivity contribution in [3.05, 3.63) is 17.5 Å². The Bertz CT molecular complexity index is 353. The number of nitrogens with zero attached hydrogens (tertiary/aromatic N) is 2. The second-order valence-electron chi connectivity index (χ2n) is 5.64. The third kappa shape index (κ3) is 2.07. The molecule has 1 fully saturated rings. The Kier molecular flexibility index (Phi) is 2.38. The van der Waals surface area contributed by atoms with Gasteiger partial charge in [-0.2, -0.15) is 5.10 Å². The van der Waals surface area contributed by atoms with Crippen LogP contribution in [-0.4, -0.2) is 9.78 Å². The molecule has 0 aromatic carbocycles. The second kappa shape index (κ2) is 3.34. The van der Waals surface area contributed by atoms with Crippen LogP contribution >= 0.6 is 0 Å². The first-order chi connectivity index (χ1) is 6.89. The van der Waals surface area contributed by atoms with Gasteiger partial charge in [0.2, 0.25) is 0 Å². The lowest BCUT2D eigenvalue weighted by molar-refractivity contribution is 0.336. The van der Waals surface area contributed by atoms with E-state index in [9.17, 15) is 0 Å². The molecule has 0 bridgehead atoms. The molecule has 2 N–H and O–H groups in total. The van der Waals surface area contributed by atoms with Crippen molar-refractivity contribution in [2.45, 2.75) is 58.0 Å². The summed E-state index contributed by atoms with van der Waals surface area (Å²) in [6.45, 7) is 8.53. The van der Waals surface area contributed by atoms with Crippen LogP contribution in [0.5, 0.6) is 0 Å². The van der Waals surface area contributed by atoms with Crippen LogP contribution in [0.1, 0.15) is 63.9 Å². The summed E-state index contributed by atoms with van der Waals surface area (Å²) in [5.41, 5.74) is 8.40. The largest absolute Gasteiger partial charge is 0.323 e. The van der Waals surface area contributed by atoms with Crippen molar-refractivity contribution in [2.75, 3.05) is 0 Å². The average Bonchev–Trinajstić information content (AvgIpc) is 2.81. The van der Waals surface area contributed by atoms with Crippen LogP contribution in [-0.2, 0) is 5.54 Å². The summed E-state index contributed by atoms with van der Waals surface area (Å²) in [4.78, 5) is 0. The molecule has 1 atom stereocenters. The molecule has 0 saturated heterocycles. The quantitative estimate of drug-likeness (QED) is 0.810. The molecule has 0 spiro atoms. The van der Waals surface area contributed by atoms with Gasteiger partial charge in [0.05, 0.1) is 16.9 Å². The zero-order chi connectivity index (χ0) is 11.2. The predicted molar refractivity (Wildman–Crippen MR) is 61.8 cm³/mol. The Morgan fingerprint density at radius 2 is 2.07 bits per heavy atom. The van der Waals surface area contributed by atoms with E-state index in [0.717, 1.165) is 5.69 Å². The van der Waals surface area contributed by atoms with Crippen molar-refractivity contribution in [1.82, 2.24) is 9.78 Å². The van der Waals surface area contributed by atoms with Crippen LogP contribution < -0.4 is 5.73 Å². The van der Waals surface area contributed by atoms with Crippen LogP contribution in [0.15, 0.2) is 6.07 Å². The highest BCUT2D eigenvalue weighted by atomic mass is 15.3. The molecule has 1 saturated carbocycles. The summed E-state index contributed by atoms with van der Waals surface area (Å²) in [6, 6.07) is 2.25. The molecule has 1 heterocycles. The number of hydrogen-bond donors (Lipinski definition) is 1. The second-order valence-corrected chi connectivity index (χ2v) is 5.64. The van der Waals surface area contributed by atoms with Gasteiger partial charge in [0.25, 0.3) is 0 Å². The van der Waals surface area contributed by atoms with Crippen molar-refractivity contribution < 1.29 is 0 Å². The van der Waals surface area contributed by atoms with E-state index in [1.807, 2.05) is 6.92 Å². The van der Waals surface area contributed by atoms with Gasteiger partial charge in [0.1, 0.15) is 0 Å². The van der Waals surface area contributed by atoms with Gasteiger partial charge in [0.15, 0.2) is 0 Å². The number of rotatable bonds is 2. The lowest BCUT2D eigenvalue weighted by atomic mass is 10.1. The van der Waals surface area contributed by atoms with Gasteiger partial charge in [-0.3, -0.25) is 4.68 Å². The fourth-order valence-electron chi connectivity index (χ4n) is 1.85. The summed E-state index contributed by atoms with van der Waals surface area (Å²) in [5.74, 6) is 0.700. The highest BCUT2D eigenvalue weighted by Crippen LogP contribution is 2.40.